The number of aryl methyl sites for hydroxylation is 1. The molecule has 5 rings (SSSR count). The number of hydrogen-bond donors (Lipinski definition) is 1. The van der Waals surface area contributed by atoms with Crippen LogP contribution in [0.1, 0.15) is 71.9 Å². The lowest BCUT2D eigenvalue weighted by Gasteiger charge is -2.46. The summed E-state index contributed by atoms with van der Waals surface area (Å²) in [5, 5.41) is 8.23. The molecular weight excluding hydrogens is 508 g/mol. The number of aromatic nitrogens is 2. The number of rotatable bonds is 4. The topological polar surface area (TPSA) is 100 Å². The van der Waals surface area contributed by atoms with Crippen LogP contribution in [0, 0.1) is 5.92 Å². The van der Waals surface area contributed by atoms with Gasteiger partial charge in [0.1, 0.15) is 5.60 Å². The molecule has 40 heavy (non-hydrogen) atoms. The van der Waals surface area contributed by atoms with Crippen molar-refractivity contribution in [2.45, 2.75) is 83.9 Å². The molecule has 1 unspecified atom stereocenters. The molecule has 1 aromatic carbocycles. The third-order valence-electron chi connectivity index (χ3n) is 8.63. The molecule has 3 fully saturated rings. The van der Waals surface area contributed by atoms with Gasteiger partial charge in [0.15, 0.2) is 0 Å². The van der Waals surface area contributed by atoms with E-state index in [1.165, 1.54) is 0 Å². The summed E-state index contributed by atoms with van der Waals surface area (Å²) >= 11 is 0. The molecule has 0 aliphatic carbocycles. The zero-order valence-corrected chi connectivity index (χ0v) is 24.8. The molecule has 4 heterocycles. The second-order valence-electron chi connectivity index (χ2n) is 12.9. The molecule has 0 radical (unpaired) electrons. The van der Waals surface area contributed by atoms with Gasteiger partial charge in [-0.3, -0.25) is 24.5 Å². The number of ether oxygens (including phenoxy) is 1. The number of anilines is 1. The number of benzene rings is 1. The highest BCUT2D eigenvalue weighted by molar-refractivity contribution is 6.03. The lowest BCUT2D eigenvalue weighted by atomic mass is 9.92. The maximum absolute atomic E-state index is 12.7. The number of para-hydroxylation sites is 1. The number of nitrogens with zero attached hydrogens (tertiary/aromatic N) is 5. The van der Waals surface area contributed by atoms with Crippen LogP contribution in [0.25, 0.3) is 10.9 Å². The van der Waals surface area contributed by atoms with Crippen LogP contribution in [-0.4, -0.2) is 87.9 Å². The van der Waals surface area contributed by atoms with Crippen molar-refractivity contribution in [3.8, 4) is 0 Å². The minimum absolute atomic E-state index is 0.118. The van der Waals surface area contributed by atoms with Crippen molar-refractivity contribution in [2.75, 3.05) is 37.6 Å². The first-order valence-electron chi connectivity index (χ1n) is 14.7. The largest absolute Gasteiger partial charge is 0.444 e. The summed E-state index contributed by atoms with van der Waals surface area (Å²) in [6, 6.07) is 6.64. The van der Waals surface area contributed by atoms with Crippen LogP contribution in [-0.2, 0) is 21.4 Å². The number of piperazine rings is 1. The SMILES string of the molecule is C[C@@H]1CN(C(=O)OC(C)(C)C)[C@@H](C)CN1CC1CCN(c2cccc3c(C4CCC(=O)NC4=O)nn(C)c23)CC1. The van der Waals surface area contributed by atoms with Crippen molar-refractivity contribution < 1.29 is 19.1 Å². The van der Waals surface area contributed by atoms with Crippen LogP contribution in [0.2, 0.25) is 0 Å². The van der Waals surface area contributed by atoms with Crippen molar-refractivity contribution >= 4 is 34.5 Å². The summed E-state index contributed by atoms with van der Waals surface area (Å²) in [5.41, 5.74) is 2.46. The van der Waals surface area contributed by atoms with Gasteiger partial charge in [0.05, 0.1) is 22.8 Å². The van der Waals surface area contributed by atoms with Gasteiger partial charge in [-0.15, -0.1) is 0 Å². The maximum Gasteiger partial charge on any atom is 0.410 e. The molecule has 3 saturated heterocycles. The lowest BCUT2D eigenvalue weighted by molar-refractivity contribution is -0.134. The molecular formula is C30H44N6O4. The number of nitrogens with one attached hydrogen (secondary N) is 1. The molecule has 0 saturated carbocycles. The highest BCUT2D eigenvalue weighted by Crippen LogP contribution is 2.36. The number of carbonyl (C=O) groups excluding carboxylic acids is 3. The first-order chi connectivity index (χ1) is 18.9. The van der Waals surface area contributed by atoms with Crippen molar-refractivity contribution in [3.63, 3.8) is 0 Å². The number of carbonyl (C=O) groups is 3. The Labute approximate surface area is 237 Å². The van der Waals surface area contributed by atoms with Crippen molar-refractivity contribution in [2.24, 2.45) is 13.0 Å². The van der Waals surface area contributed by atoms with Crippen molar-refractivity contribution in [1.82, 2.24) is 24.9 Å². The molecule has 2 aromatic rings. The summed E-state index contributed by atoms with van der Waals surface area (Å²) in [6.45, 7) is 14.6. The molecule has 1 aromatic heterocycles. The maximum atomic E-state index is 12.7. The molecule has 3 atom stereocenters. The summed E-state index contributed by atoms with van der Waals surface area (Å²) in [4.78, 5) is 43.8. The summed E-state index contributed by atoms with van der Waals surface area (Å²) < 4.78 is 7.53. The van der Waals surface area contributed by atoms with Gasteiger partial charge >= 0.3 is 6.09 Å². The standard InChI is InChI=1S/C30H44N6O4/c1-19-17-36(29(39)40-30(3,4)5)20(2)16-35(19)18-21-12-14-34(15-13-21)24-9-7-8-22-26(32-33(6)27(22)24)23-10-11-25(37)31-28(23)38/h7-9,19-21,23H,10-18H2,1-6H3,(H,31,37,38)/t19-,20+,23?/m1/s1. The smallest absolute Gasteiger partial charge is 0.410 e. The number of fused-ring (bicyclic) bond motifs is 1. The number of imide groups is 1. The van der Waals surface area contributed by atoms with Crippen LogP contribution in [0.5, 0.6) is 0 Å². The highest BCUT2D eigenvalue weighted by atomic mass is 16.6. The Bertz CT molecular complexity index is 1270. The van der Waals surface area contributed by atoms with E-state index in [0.717, 1.165) is 61.3 Å². The van der Waals surface area contributed by atoms with Gasteiger partial charge in [-0.25, -0.2) is 4.79 Å². The Hall–Kier alpha value is -3.14. The normalized spacial score (nSPS) is 25.4. The predicted molar refractivity (Wildman–Crippen MR) is 154 cm³/mol. The molecule has 3 amide bonds. The van der Waals surface area contributed by atoms with Crippen LogP contribution >= 0.6 is 0 Å². The second-order valence-corrected chi connectivity index (χ2v) is 12.9. The van der Waals surface area contributed by atoms with Gasteiger partial charge in [-0.2, -0.15) is 5.10 Å². The number of piperidine rings is 2. The Balaban J connectivity index is 1.22. The molecule has 1 N–H and O–H groups in total. The fourth-order valence-corrected chi connectivity index (χ4v) is 6.53. The fourth-order valence-electron chi connectivity index (χ4n) is 6.53. The van der Waals surface area contributed by atoms with Gasteiger partial charge in [-0.05, 0) is 65.9 Å². The quantitative estimate of drug-likeness (QED) is 0.578. The summed E-state index contributed by atoms with van der Waals surface area (Å²) in [5.74, 6) is -0.261. The van der Waals surface area contributed by atoms with E-state index in [4.69, 9.17) is 9.84 Å². The van der Waals surface area contributed by atoms with E-state index >= 15 is 0 Å². The van der Waals surface area contributed by atoms with Gasteiger partial charge in [0.2, 0.25) is 11.8 Å². The zero-order valence-electron chi connectivity index (χ0n) is 24.8. The van der Waals surface area contributed by atoms with Crippen molar-refractivity contribution in [1.29, 1.82) is 0 Å². The highest BCUT2D eigenvalue weighted by Gasteiger charge is 2.36. The van der Waals surface area contributed by atoms with Gasteiger partial charge in [0.25, 0.3) is 0 Å². The third-order valence-corrected chi connectivity index (χ3v) is 8.63. The molecule has 0 spiro atoms. The molecule has 3 aliphatic rings. The fraction of sp³-hybridized carbons (Fsp3) is 0.667. The first-order valence-corrected chi connectivity index (χ1v) is 14.7. The lowest BCUT2D eigenvalue weighted by Crippen LogP contribution is -2.59. The Morgan fingerprint density at radius 3 is 2.48 bits per heavy atom. The second kappa shape index (κ2) is 11.0. The Morgan fingerprint density at radius 2 is 1.80 bits per heavy atom. The monoisotopic (exact) mass is 552 g/mol. The molecule has 10 heteroatoms. The van der Waals surface area contributed by atoms with E-state index in [9.17, 15) is 14.4 Å². The van der Waals surface area contributed by atoms with E-state index in [1.807, 2.05) is 49.5 Å². The van der Waals surface area contributed by atoms with Gasteiger partial charge in [0, 0.05) is 63.7 Å². The average molecular weight is 553 g/mol. The summed E-state index contributed by atoms with van der Waals surface area (Å²) in [6.07, 6.45) is 2.82. The van der Waals surface area contributed by atoms with Crippen LogP contribution in [0.15, 0.2) is 18.2 Å². The van der Waals surface area contributed by atoms with Crippen LogP contribution < -0.4 is 10.2 Å². The third kappa shape index (κ3) is 5.82. The van der Waals surface area contributed by atoms with Gasteiger partial charge in [-0.1, -0.05) is 12.1 Å². The van der Waals surface area contributed by atoms with Gasteiger partial charge < -0.3 is 14.5 Å². The van der Waals surface area contributed by atoms with Crippen molar-refractivity contribution in [3.05, 3.63) is 23.9 Å². The molecule has 0 bridgehead atoms. The van der Waals surface area contributed by atoms with E-state index in [1.54, 1.807) is 0 Å². The molecule has 10 nitrogen and oxygen atoms in total. The average Bonchev–Trinajstić information content (AvgIpc) is 3.22. The predicted octanol–water partition coefficient (Wildman–Crippen LogP) is 3.64. The van der Waals surface area contributed by atoms with Crippen LogP contribution in [0.3, 0.4) is 0 Å². The van der Waals surface area contributed by atoms with E-state index in [0.29, 0.717) is 25.3 Å². The minimum Gasteiger partial charge on any atom is -0.444 e. The zero-order chi connectivity index (χ0) is 28.8. The van der Waals surface area contributed by atoms with Crippen LogP contribution in [0.4, 0.5) is 10.5 Å². The van der Waals surface area contributed by atoms with E-state index < -0.39 is 11.5 Å². The number of hydrogen-bond acceptors (Lipinski definition) is 7. The minimum atomic E-state index is -0.489. The summed E-state index contributed by atoms with van der Waals surface area (Å²) in [7, 11) is 1.94. The van der Waals surface area contributed by atoms with E-state index in [2.05, 4.69) is 35.0 Å². The van der Waals surface area contributed by atoms with E-state index in [-0.39, 0.29) is 30.0 Å². The number of amides is 3. The Morgan fingerprint density at radius 1 is 1.07 bits per heavy atom. The molecule has 3 aliphatic heterocycles. The first kappa shape index (κ1) is 28.4. The molecule has 218 valence electrons. The Kier molecular flexibility index (Phi) is 7.83.